The molecule has 88 valence electrons. The second-order valence-corrected chi connectivity index (χ2v) is 6.09. The smallest absolute Gasteiger partial charge is 0.207 e. The summed E-state index contributed by atoms with van der Waals surface area (Å²) in [6.45, 7) is 0. The molecule has 0 spiro atoms. The lowest BCUT2D eigenvalue weighted by Crippen LogP contribution is -2.03. The van der Waals surface area contributed by atoms with Gasteiger partial charge in [0, 0.05) is 9.85 Å². The molecule has 0 N–H and O–H groups in total. The molecule has 0 saturated carbocycles. The Morgan fingerprint density at radius 3 is 2.65 bits per heavy atom. The standard InChI is InChI=1S/C11H4Br2ClFOS/c12-6-4-17-11(8(6)13)10(16)5-2-1-3-7(14)9(5)15/h1-4H. The van der Waals surface area contributed by atoms with Gasteiger partial charge in [0.2, 0.25) is 5.78 Å². The van der Waals surface area contributed by atoms with Crippen molar-refractivity contribution < 1.29 is 9.18 Å². The van der Waals surface area contributed by atoms with Gasteiger partial charge < -0.3 is 0 Å². The highest BCUT2D eigenvalue weighted by Crippen LogP contribution is 2.34. The van der Waals surface area contributed by atoms with Gasteiger partial charge in [-0.15, -0.1) is 11.3 Å². The lowest BCUT2D eigenvalue weighted by Gasteiger charge is -2.02. The second kappa shape index (κ2) is 5.18. The fourth-order valence-corrected chi connectivity index (χ4v) is 3.56. The van der Waals surface area contributed by atoms with Gasteiger partial charge >= 0.3 is 0 Å². The first-order chi connectivity index (χ1) is 8.02. The van der Waals surface area contributed by atoms with E-state index in [1.807, 2.05) is 0 Å². The highest BCUT2D eigenvalue weighted by atomic mass is 79.9. The van der Waals surface area contributed by atoms with E-state index in [1.165, 1.54) is 23.5 Å². The molecule has 0 aliphatic rings. The molecular weight excluding hydrogens is 394 g/mol. The van der Waals surface area contributed by atoms with E-state index in [0.29, 0.717) is 9.35 Å². The van der Waals surface area contributed by atoms with Crippen molar-refractivity contribution in [1.29, 1.82) is 0 Å². The molecule has 0 fully saturated rings. The summed E-state index contributed by atoms with van der Waals surface area (Å²) in [4.78, 5) is 12.6. The molecule has 2 rings (SSSR count). The van der Waals surface area contributed by atoms with Gasteiger partial charge in [0.05, 0.1) is 19.9 Å². The maximum Gasteiger partial charge on any atom is 0.207 e. The second-order valence-electron chi connectivity index (χ2n) is 3.16. The third-order valence-electron chi connectivity index (χ3n) is 2.09. The van der Waals surface area contributed by atoms with Crippen molar-refractivity contribution in [2.24, 2.45) is 0 Å². The van der Waals surface area contributed by atoms with E-state index in [4.69, 9.17) is 11.6 Å². The zero-order chi connectivity index (χ0) is 12.6. The summed E-state index contributed by atoms with van der Waals surface area (Å²) in [7, 11) is 0. The molecule has 1 aromatic heterocycles. The van der Waals surface area contributed by atoms with Crippen LogP contribution < -0.4 is 0 Å². The van der Waals surface area contributed by atoms with Gasteiger partial charge in [-0.1, -0.05) is 17.7 Å². The monoisotopic (exact) mass is 396 g/mol. The molecule has 0 bridgehead atoms. The number of hydrogen-bond acceptors (Lipinski definition) is 2. The molecule has 1 aromatic carbocycles. The predicted octanol–water partition coefficient (Wildman–Crippen LogP) is 5.30. The van der Waals surface area contributed by atoms with Crippen LogP contribution in [0.5, 0.6) is 0 Å². The maximum atomic E-state index is 13.7. The topological polar surface area (TPSA) is 17.1 Å². The molecule has 2 aromatic rings. The Balaban J connectivity index is 2.51. The Bertz CT molecular complexity index is 597. The average molecular weight is 398 g/mol. The van der Waals surface area contributed by atoms with E-state index in [-0.39, 0.29) is 16.4 Å². The third kappa shape index (κ3) is 2.47. The van der Waals surface area contributed by atoms with Crippen molar-refractivity contribution in [3.05, 3.63) is 53.8 Å². The lowest BCUT2D eigenvalue weighted by molar-refractivity contribution is 0.103. The fraction of sp³-hybridized carbons (Fsp3) is 0. The largest absolute Gasteiger partial charge is 0.288 e. The van der Waals surface area contributed by atoms with Gasteiger partial charge in [-0.3, -0.25) is 4.79 Å². The van der Waals surface area contributed by atoms with Crippen molar-refractivity contribution >= 4 is 60.6 Å². The van der Waals surface area contributed by atoms with Gasteiger partial charge in [-0.25, -0.2) is 4.39 Å². The minimum absolute atomic E-state index is 0.0208. The number of carbonyl (C=O) groups excluding carboxylic acids is 1. The van der Waals surface area contributed by atoms with Crippen LogP contribution in [0.1, 0.15) is 15.2 Å². The van der Waals surface area contributed by atoms with Crippen LogP contribution in [0.3, 0.4) is 0 Å². The van der Waals surface area contributed by atoms with Crippen LogP contribution in [0.2, 0.25) is 5.02 Å². The Labute approximate surface area is 123 Å². The predicted molar refractivity (Wildman–Crippen MR) is 74.6 cm³/mol. The summed E-state index contributed by atoms with van der Waals surface area (Å²) < 4.78 is 15.1. The highest BCUT2D eigenvalue weighted by molar-refractivity contribution is 9.13. The van der Waals surface area contributed by atoms with Crippen molar-refractivity contribution in [2.75, 3.05) is 0 Å². The number of halogens is 4. The first-order valence-electron chi connectivity index (χ1n) is 4.43. The first kappa shape index (κ1) is 13.2. The summed E-state index contributed by atoms with van der Waals surface area (Å²) in [5.74, 6) is -1.07. The lowest BCUT2D eigenvalue weighted by atomic mass is 10.1. The van der Waals surface area contributed by atoms with Gasteiger partial charge in [-0.2, -0.15) is 0 Å². The van der Waals surface area contributed by atoms with Crippen LogP contribution in [-0.4, -0.2) is 5.78 Å². The van der Waals surface area contributed by atoms with Crippen LogP contribution in [0.15, 0.2) is 32.5 Å². The molecule has 6 heteroatoms. The zero-order valence-corrected chi connectivity index (χ0v) is 12.9. The number of benzene rings is 1. The third-order valence-corrected chi connectivity index (χ3v) is 5.91. The zero-order valence-electron chi connectivity index (χ0n) is 8.14. The van der Waals surface area contributed by atoms with E-state index < -0.39 is 5.82 Å². The van der Waals surface area contributed by atoms with Crippen LogP contribution in [-0.2, 0) is 0 Å². The van der Waals surface area contributed by atoms with Crippen LogP contribution in [0.25, 0.3) is 0 Å². The Morgan fingerprint density at radius 2 is 2.06 bits per heavy atom. The van der Waals surface area contributed by atoms with Crippen molar-refractivity contribution in [1.82, 2.24) is 0 Å². The molecule has 17 heavy (non-hydrogen) atoms. The molecular formula is C11H4Br2ClFOS. The molecule has 0 radical (unpaired) electrons. The van der Waals surface area contributed by atoms with Gasteiger partial charge in [0.1, 0.15) is 0 Å². The molecule has 0 unspecified atom stereocenters. The van der Waals surface area contributed by atoms with Crippen LogP contribution >= 0.6 is 54.8 Å². The number of carbonyl (C=O) groups is 1. The summed E-state index contributed by atoms with van der Waals surface area (Å²) in [5.41, 5.74) is -0.0208. The van der Waals surface area contributed by atoms with E-state index in [9.17, 15) is 9.18 Å². The van der Waals surface area contributed by atoms with E-state index in [2.05, 4.69) is 31.9 Å². The molecule has 0 amide bonds. The van der Waals surface area contributed by atoms with Crippen LogP contribution in [0, 0.1) is 5.82 Å². The molecule has 0 saturated heterocycles. The van der Waals surface area contributed by atoms with Gasteiger partial charge in [0.15, 0.2) is 5.82 Å². The summed E-state index contributed by atoms with van der Waals surface area (Å²) in [5, 5.41) is 1.71. The van der Waals surface area contributed by atoms with Crippen molar-refractivity contribution in [3.8, 4) is 0 Å². The van der Waals surface area contributed by atoms with Crippen molar-refractivity contribution in [2.45, 2.75) is 0 Å². The highest BCUT2D eigenvalue weighted by Gasteiger charge is 2.20. The quantitative estimate of drug-likeness (QED) is 0.628. The number of ketones is 1. The Morgan fingerprint density at radius 1 is 1.35 bits per heavy atom. The number of hydrogen-bond donors (Lipinski definition) is 0. The van der Waals surface area contributed by atoms with E-state index >= 15 is 0 Å². The van der Waals surface area contributed by atoms with Crippen LogP contribution in [0.4, 0.5) is 4.39 Å². The fourth-order valence-electron chi connectivity index (χ4n) is 1.28. The Hall–Kier alpha value is -0.230. The maximum absolute atomic E-state index is 13.7. The molecule has 0 atom stereocenters. The molecule has 1 nitrogen and oxygen atoms in total. The van der Waals surface area contributed by atoms with E-state index in [1.54, 1.807) is 11.4 Å². The molecule has 1 heterocycles. The first-order valence-corrected chi connectivity index (χ1v) is 7.28. The minimum atomic E-state index is -0.685. The Kier molecular flexibility index (Phi) is 4.02. The van der Waals surface area contributed by atoms with Crippen molar-refractivity contribution in [3.63, 3.8) is 0 Å². The average Bonchev–Trinajstić information content (AvgIpc) is 2.63. The number of thiophene rings is 1. The summed E-state index contributed by atoms with van der Waals surface area (Å²) in [6.07, 6.45) is 0. The minimum Gasteiger partial charge on any atom is -0.288 e. The summed E-state index contributed by atoms with van der Waals surface area (Å²) >= 11 is 13.4. The van der Waals surface area contributed by atoms with E-state index in [0.717, 1.165) is 4.47 Å². The summed E-state index contributed by atoms with van der Waals surface area (Å²) in [6, 6.07) is 4.38. The normalized spacial score (nSPS) is 10.6. The van der Waals surface area contributed by atoms with Gasteiger partial charge in [0.25, 0.3) is 0 Å². The number of rotatable bonds is 2. The molecule has 0 aliphatic heterocycles. The molecule has 0 aliphatic carbocycles. The van der Waals surface area contributed by atoms with Gasteiger partial charge in [-0.05, 0) is 44.0 Å². The SMILES string of the molecule is O=C(c1cccc(Cl)c1F)c1scc(Br)c1Br.